The molecule has 1 saturated heterocycles. The summed E-state index contributed by atoms with van der Waals surface area (Å²) in [5.74, 6) is -0.423. The fraction of sp³-hybridized carbons (Fsp3) is 0.381. The van der Waals surface area contributed by atoms with Crippen LogP contribution in [0, 0.1) is 11.3 Å². The third kappa shape index (κ3) is 3.41. The molecular weight excluding hydrogens is 384 g/mol. The van der Waals surface area contributed by atoms with Crippen molar-refractivity contribution in [3.63, 3.8) is 0 Å². The van der Waals surface area contributed by atoms with Gasteiger partial charge in [-0.2, -0.15) is 10.4 Å². The molecule has 9 nitrogen and oxygen atoms in total. The molecule has 2 aromatic rings. The van der Waals surface area contributed by atoms with Crippen LogP contribution >= 0.6 is 0 Å². The Morgan fingerprint density at radius 2 is 1.97 bits per heavy atom. The van der Waals surface area contributed by atoms with Gasteiger partial charge >= 0.3 is 6.03 Å². The second kappa shape index (κ2) is 7.63. The second-order valence-corrected chi connectivity index (χ2v) is 7.78. The van der Waals surface area contributed by atoms with E-state index in [2.05, 4.69) is 15.7 Å². The minimum atomic E-state index is -1.29. The molecule has 0 bridgehead atoms. The molecule has 4 amide bonds. The van der Waals surface area contributed by atoms with Gasteiger partial charge in [0.2, 0.25) is 5.91 Å². The smallest absolute Gasteiger partial charge is 0.319 e. The molecule has 4 rings (SSSR count). The Labute approximate surface area is 173 Å². The van der Waals surface area contributed by atoms with Crippen LogP contribution in [0.3, 0.4) is 0 Å². The summed E-state index contributed by atoms with van der Waals surface area (Å²) in [5, 5.41) is 18.7. The average molecular weight is 406 g/mol. The molecule has 1 atom stereocenters. The van der Waals surface area contributed by atoms with Crippen molar-refractivity contribution in [3.8, 4) is 6.07 Å². The highest BCUT2D eigenvalue weighted by atomic mass is 16.2. The van der Waals surface area contributed by atoms with Gasteiger partial charge in [-0.15, -0.1) is 0 Å². The van der Waals surface area contributed by atoms with Crippen molar-refractivity contribution in [2.75, 3.05) is 11.9 Å². The van der Waals surface area contributed by atoms with Gasteiger partial charge in [-0.05, 0) is 37.5 Å². The van der Waals surface area contributed by atoms with Crippen molar-refractivity contribution in [1.29, 1.82) is 5.26 Å². The van der Waals surface area contributed by atoms with Crippen molar-refractivity contribution >= 4 is 23.7 Å². The Bertz CT molecular complexity index is 1030. The maximum atomic E-state index is 13.0. The van der Waals surface area contributed by atoms with Crippen molar-refractivity contribution in [3.05, 3.63) is 47.7 Å². The molecule has 1 aromatic carbocycles. The lowest BCUT2D eigenvalue weighted by atomic mass is 9.91. The number of benzene rings is 1. The summed E-state index contributed by atoms with van der Waals surface area (Å²) in [6.07, 6.45) is 5.92. The lowest BCUT2D eigenvalue weighted by molar-refractivity contribution is -0.133. The SMILES string of the molecule is CC1(c2ccc(C#N)cc2)NC(=O)N(CC(=O)Nc2ccnn2C2CCCC2)C1=O. The van der Waals surface area contributed by atoms with Crippen LogP contribution in [-0.2, 0) is 15.1 Å². The van der Waals surface area contributed by atoms with E-state index in [0.29, 0.717) is 16.9 Å². The van der Waals surface area contributed by atoms with E-state index in [0.717, 1.165) is 30.6 Å². The molecule has 2 fully saturated rings. The van der Waals surface area contributed by atoms with Crippen molar-refractivity contribution < 1.29 is 14.4 Å². The van der Waals surface area contributed by atoms with Crippen molar-refractivity contribution in [2.45, 2.75) is 44.2 Å². The summed E-state index contributed by atoms with van der Waals surface area (Å²) in [6.45, 7) is 1.19. The summed E-state index contributed by atoms with van der Waals surface area (Å²) in [5.41, 5.74) is -0.298. The molecule has 1 aliphatic carbocycles. The highest BCUT2D eigenvalue weighted by Crippen LogP contribution is 2.31. The highest BCUT2D eigenvalue weighted by Gasteiger charge is 2.49. The first kappa shape index (κ1) is 19.6. The Balaban J connectivity index is 1.46. The first-order valence-corrected chi connectivity index (χ1v) is 9.90. The largest absolute Gasteiger partial charge is 0.325 e. The number of rotatable bonds is 5. The van der Waals surface area contributed by atoms with Crippen LogP contribution in [0.1, 0.15) is 49.8 Å². The van der Waals surface area contributed by atoms with E-state index in [1.165, 1.54) is 0 Å². The molecule has 2 aliphatic rings. The summed E-state index contributed by atoms with van der Waals surface area (Å²) in [4.78, 5) is 38.9. The van der Waals surface area contributed by atoms with Crippen LogP contribution in [0.2, 0.25) is 0 Å². The van der Waals surface area contributed by atoms with Crippen LogP contribution in [0.15, 0.2) is 36.5 Å². The van der Waals surface area contributed by atoms with Gasteiger partial charge in [0.1, 0.15) is 17.9 Å². The quantitative estimate of drug-likeness (QED) is 0.738. The number of nitrogens with one attached hydrogen (secondary N) is 2. The highest BCUT2D eigenvalue weighted by molar-refractivity contribution is 6.10. The molecule has 0 radical (unpaired) electrons. The van der Waals surface area contributed by atoms with Gasteiger partial charge in [-0.3, -0.25) is 14.5 Å². The molecule has 1 aliphatic heterocycles. The van der Waals surface area contributed by atoms with E-state index in [-0.39, 0.29) is 6.04 Å². The molecule has 1 saturated carbocycles. The minimum Gasteiger partial charge on any atom is -0.319 e. The number of nitriles is 1. The predicted octanol–water partition coefficient (Wildman–Crippen LogP) is 2.28. The summed E-state index contributed by atoms with van der Waals surface area (Å²) < 4.78 is 1.80. The van der Waals surface area contributed by atoms with E-state index < -0.39 is 29.9 Å². The fourth-order valence-electron chi connectivity index (χ4n) is 4.09. The van der Waals surface area contributed by atoms with E-state index in [1.54, 1.807) is 48.1 Å². The van der Waals surface area contributed by atoms with Gasteiger partial charge in [0.15, 0.2) is 0 Å². The molecular formula is C21H22N6O3. The van der Waals surface area contributed by atoms with Gasteiger partial charge in [0.05, 0.1) is 23.9 Å². The maximum absolute atomic E-state index is 13.0. The number of amides is 4. The molecule has 9 heteroatoms. The lowest BCUT2D eigenvalue weighted by Crippen LogP contribution is -2.42. The molecule has 154 valence electrons. The van der Waals surface area contributed by atoms with Crippen LogP contribution in [-0.4, -0.2) is 39.1 Å². The van der Waals surface area contributed by atoms with E-state index >= 15 is 0 Å². The van der Waals surface area contributed by atoms with E-state index in [4.69, 9.17) is 5.26 Å². The topological polar surface area (TPSA) is 120 Å². The molecule has 2 N–H and O–H groups in total. The number of carbonyl (C=O) groups excluding carboxylic acids is 3. The zero-order valence-corrected chi connectivity index (χ0v) is 16.6. The molecule has 2 heterocycles. The summed E-state index contributed by atoms with van der Waals surface area (Å²) >= 11 is 0. The van der Waals surface area contributed by atoms with E-state index in [9.17, 15) is 14.4 Å². The zero-order chi connectivity index (χ0) is 21.3. The number of urea groups is 1. The Hall–Kier alpha value is -3.67. The number of carbonyl (C=O) groups is 3. The Kier molecular flexibility index (Phi) is 4.99. The fourth-order valence-corrected chi connectivity index (χ4v) is 4.09. The molecule has 30 heavy (non-hydrogen) atoms. The van der Waals surface area contributed by atoms with Crippen molar-refractivity contribution in [2.24, 2.45) is 0 Å². The molecule has 0 spiro atoms. The normalized spacial score (nSPS) is 21.5. The standard InChI is InChI=1S/C21H22N6O3/c1-21(15-8-6-14(12-22)7-9-15)19(29)26(20(30)25-21)13-18(28)24-17-10-11-23-27(17)16-4-2-3-5-16/h6-11,16H,2-5,13H2,1H3,(H,24,28)(H,25,30). The zero-order valence-electron chi connectivity index (χ0n) is 16.6. The van der Waals surface area contributed by atoms with Crippen LogP contribution in [0.25, 0.3) is 0 Å². The molecule has 1 unspecified atom stereocenters. The van der Waals surface area contributed by atoms with Crippen LogP contribution in [0.5, 0.6) is 0 Å². The average Bonchev–Trinajstić information content (AvgIpc) is 3.46. The Morgan fingerprint density at radius 3 is 2.63 bits per heavy atom. The number of nitrogens with zero attached hydrogens (tertiary/aromatic N) is 4. The number of anilines is 1. The van der Waals surface area contributed by atoms with Crippen LogP contribution in [0.4, 0.5) is 10.6 Å². The monoisotopic (exact) mass is 406 g/mol. The first-order chi connectivity index (χ1) is 14.4. The van der Waals surface area contributed by atoms with Gasteiger partial charge in [-0.1, -0.05) is 25.0 Å². The third-order valence-electron chi connectivity index (χ3n) is 5.78. The van der Waals surface area contributed by atoms with Gasteiger partial charge in [0.25, 0.3) is 5.91 Å². The Morgan fingerprint density at radius 1 is 1.27 bits per heavy atom. The second-order valence-electron chi connectivity index (χ2n) is 7.78. The van der Waals surface area contributed by atoms with Crippen LogP contribution < -0.4 is 10.6 Å². The lowest BCUT2D eigenvalue weighted by Gasteiger charge is -2.22. The third-order valence-corrected chi connectivity index (χ3v) is 5.78. The van der Waals surface area contributed by atoms with Gasteiger partial charge in [0, 0.05) is 6.07 Å². The van der Waals surface area contributed by atoms with E-state index in [1.807, 2.05) is 6.07 Å². The predicted molar refractivity (Wildman–Crippen MR) is 107 cm³/mol. The summed E-state index contributed by atoms with van der Waals surface area (Å²) in [7, 11) is 0. The van der Waals surface area contributed by atoms with Gasteiger partial charge in [-0.25, -0.2) is 9.48 Å². The number of hydrogen-bond acceptors (Lipinski definition) is 5. The number of hydrogen-bond donors (Lipinski definition) is 2. The molecule has 1 aromatic heterocycles. The maximum Gasteiger partial charge on any atom is 0.325 e. The number of imide groups is 1. The minimum absolute atomic E-state index is 0.256. The van der Waals surface area contributed by atoms with Crippen molar-refractivity contribution in [1.82, 2.24) is 20.0 Å². The summed E-state index contributed by atoms with van der Waals surface area (Å²) in [6, 6.07) is 9.77. The first-order valence-electron chi connectivity index (χ1n) is 9.90. The number of aromatic nitrogens is 2. The van der Waals surface area contributed by atoms with Gasteiger partial charge < -0.3 is 10.6 Å².